The molecule has 32 heavy (non-hydrogen) atoms. The summed E-state index contributed by atoms with van der Waals surface area (Å²) in [5.74, 6) is -0.887. The van der Waals surface area contributed by atoms with Crippen LogP contribution in [0.2, 0.25) is 0 Å². The number of fused-ring (bicyclic) bond motifs is 2. The van der Waals surface area contributed by atoms with E-state index in [1.807, 2.05) is 20.8 Å². The van der Waals surface area contributed by atoms with Crippen molar-refractivity contribution in [2.75, 3.05) is 11.1 Å². The lowest BCUT2D eigenvalue weighted by Crippen LogP contribution is -2.24. The van der Waals surface area contributed by atoms with Gasteiger partial charge in [-0.25, -0.2) is 4.98 Å². The number of thioether (sulfide) groups is 1. The minimum atomic E-state index is -0.357. The summed E-state index contributed by atoms with van der Waals surface area (Å²) in [5, 5.41) is 12.8. The molecule has 1 aliphatic carbocycles. The first-order valence-electron chi connectivity index (χ1n) is 9.95. The minimum Gasteiger partial charge on any atom is -0.325 e. The summed E-state index contributed by atoms with van der Waals surface area (Å²) in [5.41, 5.74) is 4.54. The Hall–Kier alpha value is -3.76. The van der Waals surface area contributed by atoms with E-state index in [1.54, 1.807) is 42.5 Å². The predicted molar refractivity (Wildman–Crippen MR) is 122 cm³/mol. The van der Waals surface area contributed by atoms with Gasteiger partial charge in [0.2, 0.25) is 5.91 Å². The first-order valence-corrected chi connectivity index (χ1v) is 10.9. The van der Waals surface area contributed by atoms with E-state index in [0.717, 1.165) is 16.8 Å². The zero-order valence-corrected chi connectivity index (χ0v) is 18.6. The van der Waals surface area contributed by atoms with Crippen LogP contribution in [0.1, 0.15) is 54.2 Å². The van der Waals surface area contributed by atoms with Crippen LogP contribution in [0.5, 0.6) is 0 Å². The highest BCUT2D eigenvalue weighted by atomic mass is 32.2. The Balaban J connectivity index is 1.58. The Morgan fingerprint density at radius 3 is 2.31 bits per heavy atom. The number of aromatic nitrogens is 1. The van der Waals surface area contributed by atoms with Crippen LogP contribution in [-0.2, 0) is 4.79 Å². The molecule has 1 aromatic heterocycles. The molecule has 6 nitrogen and oxygen atoms in total. The van der Waals surface area contributed by atoms with E-state index in [9.17, 15) is 19.6 Å². The SMILES string of the molecule is Cc1nc(SCC(=O)Nc2cccc3c2C(=O)c2ccccc2C3=O)c(C#N)c(C)c1C. The average molecular weight is 442 g/mol. The molecule has 3 aromatic rings. The molecule has 7 heteroatoms. The molecule has 2 aromatic carbocycles. The lowest BCUT2D eigenvalue weighted by atomic mass is 9.83. The average Bonchev–Trinajstić information content (AvgIpc) is 2.79. The lowest BCUT2D eigenvalue weighted by molar-refractivity contribution is -0.113. The van der Waals surface area contributed by atoms with Gasteiger partial charge in [-0.3, -0.25) is 14.4 Å². The van der Waals surface area contributed by atoms with Crippen molar-refractivity contribution >= 4 is 34.9 Å². The normalized spacial score (nSPS) is 12.1. The molecular weight excluding hydrogens is 422 g/mol. The van der Waals surface area contributed by atoms with Crippen LogP contribution >= 0.6 is 11.8 Å². The topological polar surface area (TPSA) is 99.9 Å². The number of ketones is 2. The summed E-state index contributed by atoms with van der Waals surface area (Å²) in [4.78, 5) is 43.1. The third-order valence-corrected chi connectivity index (χ3v) is 6.62. The molecule has 0 spiro atoms. The quantitative estimate of drug-likeness (QED) is 0.472. The van der Waals surface area contributed by atoms with E-state index >= 15 is 0 Å². The molecule has 0 bridgehead atoms. The maximum absolute atomic E-state index is 13.1. The van der Waals surface area contributed by atoms with E-state index in [1.165, 1.54) is 11.8 Å². The Morgan fingerprint density at radius 2 is 1.62 bits per heavy atom. The molecule has 0 saturated carbocycles. The number of nitrogens with one attached hydrogen (secondary N) is 1. The van der Waals surface area contributed by atoms with Crippen molar-refractivity contribution in [3.05, 3.63) is 87.1 Å². The Morgan fingerprint density at radius 1 is 0.969 bits per heavy atom. The molecule has 4 rings (SSSR count). The molecule has 0 fully saturated rings. The molecule has 1 aliphatic rings. The molecule has 158 valence electrons. The summed E-state index contributed by atoms with van der Waals surface area (Å²) in [6.45, 7) is 5.64. The second-order valence-electron chi connectivity index (χ2n) is 7.51. The van der Waals surface area contributed by atoms with Crippen molar-refractivity contribution in [1.82, 2.24) is 4.98 Å². The Kier molecular flexibility index (Phi) is 5.64. The van der Waals surface area contributed by atoms with E-state index in [0.29, 0.717) is 27.4 Å². The number of hydrogen-bond donors (Lipinski definition) is 1. The molecule has 0 unspecified atom stereocenters. The number of nitriles is 1. The van der Waals surface area contributed by atoms with Crippen molar-refractivity contribution in [2.45, 2.75) is 25.8 Å². The third kappa shape index (κ3) is 3.59. The Labute approximate surface area is 189 Å². The van der Waals surface area contributed by atoms with E-state index in [-0.39, 0.29) is 34.4 Å². The van der Waals surface area contributed by atoms with Gasteiger partial charge in [0, 0.05) is 22.4 Å². The summed E-state index contributed by atoms with van der Waals surface area (Å²) in [7, 11) is 0. The lowest BCUT2D eigenvalue weighted by Gasteiger charge is -2.20. The molecule has 1 N–H and O–H groups in total. The Bertz CT molecular complexity index is 1360. The first kappa shape index (κ1) is 21.5. The molecule has 0 aliphatic heterocycles. The van der Waals surface area contributed by atoms with Gasteiger partial charge in [-0.2, -0.15) is 5.26 Å². The third-order valence-electron chi connectivity index (χ3n) is 5.64. The van der Waals surface area contributed by atoms with Gasteiger partial charge in [-0.15, -0.1) is 0 Å². The fraction of sp³-hybridized carbons (Fsp3) is 0.160. The van der Waals surface area contributed by atoms with E-state index in [2.05, 4.69) is 16.4 Å². The number of pyridine rings is 1. The molecule has 0 radical (unpaired) electrons. The zero-order valence-electron chi connectivity index (χ0n) is 17.8. The smallest absolute Gasteiger partial charge is 0.234 e. The van der Waals surface area contributed by atoms with Crippen LogP contribution < -0.4 is 5.32 Å². The standard InChI is InChI=1S/C25H19N3O3S/c1-13-14(2)19(11-26)25(27-15(13)3)32-12-21(29)28-20-10-6-9-18-22(20)24(31)17-8-5-4-7-16(17)23(18)30/h4-10H,12H2,1-3H3,(H,28,29). The largest absolute Gasteiger partial charge is 0.325 e. The number of anilines is 1. The van der Waals surface area contributed by atoms with Crippen LogP contribution in [-0.4, -0.2) is 28.2 Å². The van der Waals surface area contributed by atoms with Crippen LogP contribution in [0.3, 0.4) is 0 Å². The van der Waals surface area contributed by atoms with Gasteiger partial charge in [0.05, 0.1) is 22.6 Å². The zero-order chi connectivity index (χ0) is 23.0. The minimum absolute atomic E-state index is 0.00596. The van der Waals surface area contributed by atoms with E-state index in [4.69, 9.17) is 0 Å². The molecule has 1 amide bonds. The highest BCUT2D eigenvalue weighted by Gasteiger charge is 2.31. The van der Waals surface area contributed by atoms with Gasteiger partial charge in [-0.05, 0) is 38.0 Å². The van der Waals surface area contributed by atoms with Crippen LogP contribution in [0.25, 0.3) is 0 Å². The number of aryl methyl sites for hydroxylation is 1. The van der Waals surface area contributed by atoms with Gasteiger partial charge < -0.3 is 5.32 Å². The maximum Gasteiger partial charge on any atom is 0.234 e. The monoisotopic (exact) mass is 441 g/mol. The van der Waals surface area contributed by atoms with Crippen LogP contribution in [0.15, 0.2) is 47.5 Å². The number of rotatable bonds is 4. The van der Waals surface area contributed by atoms with Gasteiger partial charge in [0.25, 0.3) is 0 Å². The predicted octanol–water partition coefficient (Wildman–Crippen LogP) is 4.38. The van der Waals surface area contributed by atoms with Crippen molar-refractivity contribution in [3.8, 4) is 6.07 Å². The summed E-state index contributed by atoms with van der Waals surface area (Å²) >= 11 is 1.17. The van der Waals surface area contributed by atoms with Gasteiger partial charge >= 0.3 is 0 Å². The van der Waals surface area contributed by atoms with Crippen molar-refractivity contribution in [1.29, 1.82) is 5.26 Å². The van der Waals surface area contributed by atoms with Crippen molar-refractivity contribution in [2.24, 2.45) is 0 Å². The van der Waals surface area contributed by atoms with Crippen molar-refractivity contribution in [3.63, 3.8) is 0 Å². The van der Waals surface area contributed by atoms with Crippen molar-refractivity contribution < 1.29 is 14.4 Å². The number of nitrogens with zero attached hydrogens (tertiary/aromatic N) is 2. The number of carbonyl (C=O) groups is 3. The summed E-state index contributed by atoms with van der Waals surface area (Å²) in [6, 6.07) is 13.7. The highest BCUT2D eigenvalue weighted by molar-refractivity contribution is 8.00. The summed E-state index contributed by atoms with van der Waals surface area (Å²) < 4.78 is 0. The number of amides is 1. The number of benzene rings is 2. The molecule has 1 heterocycles. The molecule has 0 saturated heterocycles. The summed E-state index contributed by atoms with van der Waals surface area (Å²) in [6.07, 6.45) is 0. The van der Waals surface area contributed by atoms with Gasteiger partial charge in [0.1, 0.15) is 11.1 Å². The molecule has 0 atom stereocenters. The maximum atomic E-state index is 13.1. The fourth-order valence-electron chi connectivity index (χ4n) is 3.72. The van der Waals surface area contributed by atoms with Gasteiger partial charge in [0.15, 0.2) is 11.6 Å². The van der Waals surface area contributed by atoms with E-state index < -0.39 is 0 Å². The number of carbonyl (C=O) groups excluding carboxylic acids is 3. The van der Waals surface area contributed by atoms with Gasteiger partial charge in [-0.1, -0.05) is 48.2 Å². The second-order valence-corrected chi connectivity index (χ2v) is 8.47. The van der Waals surface area contributed by atoms with Crippen LogP contribution in [0.4, 0.5) is 5.69 Å². The van der Waals surface area contributed by atoms with Crippen LogP contribution in [0, 0.1) is 32.1 Å². The second kappa shape index (κ2) is 8.40. The number of hydrogen-bond acceptors (Lipinski definition) is 6. The molecular formula is C25H19N3O3S. The first-order chi connectivity index (χ1) is 15.3. The fourth-order valence-corrected chi connectivity index (χ4v) is 4.60. The highest BCUT2D eigenvalue weighted by Crippen LogP contribution is 2.32.